The molecule has 2 N–H and O–H groups in total. The average molecular weight is 432 g/mol. The number of nitrogens with one attached hydrogen (secondary N) is 2. The Bertz CT molecular complexity index is 1060. The van der Waals surface area contributed by atoms with Gasteiger partial charge in [0.05, 0.1) is 5.69 Å². The van der Waals surface area contributed by atoms with Crippen LogP contribution < -0.4 is 15.5 Å². The maximum Gasteiger partial charge on any atom is 0.255 e. The third kappa shape index (κ3) is 5.19. The zero-order valence-corrected chi connectivity index (χ0v) is 19.5. The zero-order valence-electron chi connectivity index (χ0n) is 19.5. The molecule has 1 amide bonds. The Hall–Kier alpha value is -3.12. The summed E-state index contributed by atoms with van der Waals surface area (Å²) < 4.78 is 1.92. The number of benzene rings is 2. The second-order valence-corrected chi connectivity index (χ2v) is 8.86. The Morgan fingerprint density at radius 2 is 1.75 bits per heavy atom. The number of anilines is 2. The highest BCUT2D eigenvalue weighted by Gasteiger charge is 2.19. The van der Waals surface area contributed by atoms with Crippen LogP contribution in [-0.4, -0.2) is 34.8 Å². The molecule has 0 atom stereocenters. The number of piperidine rings is 1. The second kappa shape index (κ2) is 9.57. The Balaban J connectivity index is 1.27. The monoisotopic (exact) mass is 431 g/mol. The zero-order chi connectivity index (χ0) is 22.7. The molecule has 1 aliphatic rings. The molecule has 1 fully saturated rings. The maximum absolute atomic E-state index is 12.6. The number of hydrogen-bond donors (Lipinski definition) is 2. The Morgan fingerprint density at radius 3 is 2.38 bits per heavy atom. The molecule has 1 saturated heterocycles. The first-order chi connectivity index (χ1) is 15.4. The number of carbonyl (C=O) groups excluding carboxylic acids is 1. The Kier molecular flexibility index (Phi) is 6.61. The predicted octanol–water partition coefficient (Wildman–Crippen LogP) is 4.36. The molecule has 1 aliphatic heterocycles. The summed E-state index contributed by atoms with van der Waals surface area (Å²) in [5.41, 5.74) is 7.18. The van der Waals surface area contributed by atoms with Crippen LogP contribution in [0.3, 0.4) is 0 Å². The average Bonchev–Trinajstić information content (AvgIpc) is 3.10. The summed E-state index contributed by atoms with van der Waals surface area (Å²) in [7, 11) is 1.98. The van der Waals surface area contributed by atoms with Crippen LogP contribution in [0.4, 0.5) is 11.4 Å². The molecule has 0 saturated carbocycles. The third-order valence-electron chi connectivity index (χ3n) is 6.35. The second-order valence-electron chi connectivity index (χ2n) is 8.86. The SMILES string of the molecule is Cc1ccc(C(=O)Nc2ccc(N3CCC(NCc4cc(C)n(C)n4)CC3)cc2)c(C)c1. The molecule has 0 spiro atoms. The van der Waals surface area contributed by atoms with Gasteiger partial charge in [0, 0.05) is 55.4 Å². The van der Waals surface area contributed by atoms with Gasteiger partial charge in [-0.3, -0.25) is 9.48 Å². The van der Waals surface area contributed by atoms with Gasteiger partial charge in [-0.25, -0.2) is 0 Å². The maximum atomic E-state index is 12.6. The van der Waals surface area contributed by atoms with Crippen LogP contribution >= 0.6 is 0 Å². The molecule has 4 rings (SSSR count). The number of aromatic nitrogens is 2. The van der Waals surface area contributed by atoms with E-state index in [0.717, 1.165) is 60.5 Å². The first kappa shape index (κ1) is 22.1. The number of amides is 1. The smallest absolute Gasteiger partial charge is 0.255 e. The molecule has 2 heterocycles. The van der Waals surface area contributed by atoms with Crippen LogP contribution in [0.1, 0.15) is 45.7 Å². The van der Waals surface area contributed by atoms with Crippen molar-refractivity contribution in [2.75, 3.05) is 23.3 Å². The van der Waals surface area contributed by atoms with Crippen LogP contribution in [0.15, 0.2) is 48.5 Å². The van der Waals surface area contributed by atoms with Gasteiger partial charge in [0.1, 0.15) is 0 Å². The van der Waals surface area contributed by atoms with E-state index in [2.05, 4.69) is 45.8 Å². The minimum absolute atomic E-state index is 0.0646. The molecule has 6 nitrogen and oxygen atoms in total. The minimum atomic E-state index is -0.0646. The Morgan fingerprint density at radius 1 is 1.03 bits per heavy atom. The van der Waals surface area contributed by atoms with Crippen molar-refractivity contribution in [3.8, 4) is 0 Å². The third-order valence-corrected chi connectivity index (χ3v) is 6.35. The highest BCUT2D eigenvalue weighted by atomic mass is 16.1. The van der Waals surface area contributed by atoms with E-state index in [-0.39, 0.29) is 5.91 Å². The van der Waals surface area contributed by atoms with Crippen LogP contribution in [-0.2, 0) is 13.6 Å². The molecule has 0 unspecified atom stereocenters. The van der Waals surface area contributed by atoms with Crippen molar-refractivity contribution in [1.29, 1.82) is 0 Å². The van der Waals surface area contributed by atoms with Crippen LogP contribution in [0.2, 0.25) is 0 Å². The topological polar surface area (TPSA) is 62.2 Å². The van der Waals surface area contributed by atoms with Gasteiger partial charge in [-0.2, -0.15) is 5.10 Å². The minimum Gasteiger partial charge on any atom is -0.371 e. The lowest BCUT2D eigenvalue weighted by Gasteiger charge is -2.34. The van der Waals surface area contributed by atoms with E-state index in [1.54, 1.807) is 0 Å². The summed E-state index contributed by atoms with van der Waals surface area (Å²) >= 11 is 0. The standard InChI is InChI=1S/C26H33N5O/c1-18-5-10-25(19(2)15-18)26(32)28-22-6-8-24(9-7-22)31-13-11-21(12-14-31)27-17-23-16-20(3)30(4)29-23/h5-10,15-16,21,27H,11-14,17H2,1-4H3,(H,28,32). The molecular weight excluding hydrogens is 398 g/mol. The van der Waals surface area contributed by atoms with Crippen molar-refractivity contribution < 1.29 is 4.79 Å². The highest BCUT2D eigenvalue weighted by Crippen LogP contribution is 2.23. The highest BCUT2D eigenvalue weighted by molar-refractivity contribution is 6.05. The van der Waals surface area contributed by atoms with E-state index < -0.39 is 0 Å². The fourth-order valence-corrected chi connectivity index (χ4v) is 4.33. The summed E-state index contributed by atoms with van der Waals surface area (Å²) in [5.74, 6) is -0.0646. The van der Waals surface area contributed by atoms with Crippen LogP contribution in [0.25, 0.3) is 0 Å². The van der Waals surface area contributed by atoms with Gasteiger partial charge in [-0.15, -0.1) is 0 Å². The molecule has 2 aromatic carbocycles. The molecule has 32 heavy (non-hydrogen) atoms. The molecule has 6 heteroatoms. The number of hydrogen-bond acceptors (Lipinski definition) is 4. The number of nitrogens with zero attached hydrogens (tertiary/aromatic N) is 3. The van der Waals surface area contributed by atoms with Gasteiger partial charge in [-0.1, -0.05) is 17.7 Å². The predicted molar refractivity (Wildman–Crippen MR) is 130 cm³/mol. The van der Waals surface area contributed by atoms with E-state index in [1.165, 1.54) is 11.4 Å². The summed E-state index contributed by atoms with van der Waals surface area (Å²) in [4.78, 5) is 15.0. The normalized spacial score (nSPS) is 14.6. The van der Waals surface area contributed by atoms with Gasteiger partial charge in [-0.05, 0) is 75.6 Å². The lowest BCUT2D eigenvalue weighted by atomic mass is 10.0. The first-order valence-corrected chi connectivity index (χ1v) is 11.4. The number of aryl methyl sites for hydroxylation is 4. The van der Waals surface area contributed by atoms with E-state index in [1.807, 2.05) is 55.9 Å². The fraction of sp³-hybridized carbons (Fsp3) is 0.385. The molecule has 0 bridgehead atoms. The van der Waals surface area contributed by atoms with Crippen molar-refractivity contribution in [3.63, 3.8) is 0 Å². The molecular formula is C26H33N5O. The lowest BCUT2D eigenvalue weighted by molar-refractivity contribution is 0.102. The molecule has 168 valence electrons. The van der Waals surface area contributed by atoms with Crippen molar-refractivity contribution in [2.45, 2.75) is 46.2 Å². The van der Waals surface area contributed by atoms with Gasteiger partial charge >= 0.3 is 0 Å². The molecule has 0 radical (unpaired) electrons. The van der Waals surface area contributed by atoms with Crippen LogP contribution in [0, 0.1) is 20.8 Å². The quantitative estimate of drug-likeness (QED) is 0.609. The van der Waals surface area contributed by atoms with Crippen molar-refractivity contribution in [1.82, 2.24) is 15.1 Å². The lowest BCUT2D eigenvalue weighted by Crippen LogP contribution is -2.42. The number of carbonyl (C=O) groups is 1. The van der Waals surface area contributed by atoms with Gasteiger partial charge in [0.25, 0.3) is 5.91 Å². The summed E-state index contributed by atoms with van der Waals surface area (Å²) in [5, 5.41) is 11.2. The van der Waals surface area contributed by atoms with E-state index in [4.69, 9.17) is 0 Å². The van der Waals surface area contributed by atoms with E-state index >= 15 is 0 Å². The summed E-state index contributed by atoms with van der Waals surface area (Å²) in [6.45, 7) is 8.95. The van der Waals surface area contributed by atoms with E-state index in [9.17, 15) is 4.79 Å². The van der Waals surface area contributed by atoms with Gasteiger partial charge in [0.2, 0.25) is 0 Å². The largest absolute Gasteiger partial charge is 0.371 e. The summed E-state index contributed by atoms with van der Waals surface area (Å²) in [6.07, 6.45) is 2.22. The Labute approximate surface area is 190 Å². The molecule has 3 aromatic rings. The van der Waals surface area contributed by atoms with Gasteiger partial charge in [0.15, 0.2) is 0 Å². The number of rotatable bonds is 6. The molecule has 1 aromatic heterocycles. The fourth-order valence-electron chi connectivity index (χ4n) is 4.33. The van der Waals surface area contributed by atoms with E-state index in [0.29, 0.717) is 6.04 Å². The van der Waals surface area contributed by atoms with Gasteiger partial charge < -0.3 is 15.5 Å². The molecule has 0 aliphatic carbocycles. The first-order valence-electron chi connectivity index (χ1n) is 11.4. The van der Waals surface area contributed by atoms with Crippen LogP contribution in [0.5, 0.6) is 0 Å². The van der Waals surface area contributed by atoms with Crippen molar-refractivity contribution >= 4 is 17.3 Å². The summed E-state index contributed by atoms with van der Waals surface area (Å²) in [6, 6.07) is 16.7. The van der Waals surface area contributed by atoms with Crippen molar-refractivity contribution in [2.24, 2.45) is 7.05 Å². The van der Waals surface area contributed by atoms with Crippen molar-refractivity contribution in [3.05, 3.63) is 76.6 Å².